The average molecular weight is 519 g/mol. The van der Waals surface area contributed by atoms with Gasteiger partial charge in [-0.3, -0.25) is 4.79 Å². The van der Waals surface area contributed by atoms with Gasteiger partial charge in [-0.05, 0) is 82.5 Å². The maximum absolute atomic E-state index is 13.2. The molecule has 0 amide bonds. The molecule has 0 saturated carbocycles. The summed E-state index contributed by atoms with van der Waals surface area (Å²) >= 11 is 0. The van der Waals surface area contributed by atoms with E-state index in [1.54, 1.807) is 26.8 Å². The molecule has 3 aromatic carbocycles. The van der Waals surface area contributed by atoms with Crippen molar-refractivity contribution in [3.63, 3.8) is 0 Å². The Bertz CT molecular complexity index is 1230. The van der Waals surface area contributed by atoms with Gasteiger partial charge in [0.2, 0.25) is 0 Å². The molecule has 1 unspecified atom stereocenters. The quantitative estimate of drug-likeness (QED) is 0.184. The van der Waals surface area contributed by atoms with Crippen molar-refractivity contribution in [3.05, 3.63) is 89.0 Å². The SMILES string of the molecule is CCOC(=O)C(C)(C)Oc1ccc(OCCC(C)Oc2ccc(CC)cc2C(=O)c2ccccc2)cc1C. The second-order valence-corrected chi connectivity index (χ2v) is 9.70. The first kappa shape index (κ1) is 28.8. The van der Waals surface area contributed by atoms with Gasteiger partial charge in [0.05, 0.1) is 24.9 Å². The van der Waals surface area contributed by atoms with Gasteiger partial charge < -0.3 is 18.9 Å². The van der Waals surface area contributed by atoms with Crippen molar-refractivity contribution < 1.29 is 28.5 Å². The van der Waals surface area contributed by atoms with Crippen molar-refractivity contribution >= 4 is 11.8 Å². The number of carbonyl (C=O) groups is 2. The molecule has 0 fully saturated rings. The normalized spacial score (nSPS) is 11.9. The van der Waals surface area contributed by atoms with E-state index in [9.17, 15) is 9.59 Å². The van der Waals surface area contributed by atoms with Crippen LogP contribution in [0.1, 0.15) is 68.1 Å². The second kappa shape index (κ2) is 13.1. The molecule has 0 N–H and O–H groups in total. The van der Waals surface area contributed by atoms with Crippen molar-refractivity contribution in [2.45, 2.75) is 66.1 Å². The number of aryl methyl sites for hydroxylation is 2. The van der Waals surface area contributed by atoms with Crippen molar-refractivity contribution in [2.24, 2.45) is 0 Å². The number of ether oxygens (including phenoxy) is 4. The first-order valence-electron chi connectivity index (χ1n) is 13.1. The number of benzene rings is 3. The van der Waals surface area contributed by atoms with Gasteiger partial charge in [0.1, 0.15) is 17.2 Å². The van der Waals surface area contributed by atoms with Gasteiger partial charge in [-0.2, -0.15) is 0 Å². The van der Waals surface area contributed by atoms with Crippen LogP contribution in [0.15, 0.2) is 66.7 Å². The molecule has 6 nitrogen and oxygen atoms in total. The van der Waals surface area contributed by atoms with Gasteiger partial charge in [-0.15, -0.1) is 0 Å². The van der Waals surface area contributed by atoms with Crippen LogP contribution in [0.2, 0.25) is 0 Å². The number of carbonyl (C=O) groups excluding carboxylic acids is 2. The Kier molecular flexibility index (Phi) is 9.94. The van der Waals surface area contributed by atoms with Gasteiger partial charge in [0.25, 0.3) is 0 Å². The highest BCUT2D eigenvalue weighted by Crippen LogP contribution is 2.28. The minimum absolute atomic E-state index is 0.0525. The number of rotatable bonds is 13. The Morgan fingerprint density at radius 1 is 0.921 bits per heavy atom. The Balaban J connectivity index is 1.60. The van der Waals surface area contributed by atoms with E-state index in [1.165, 1.54) is 0 Å². The summed E-state index contributed by atoms with van der Waals surface area (Å²) in [6.45, 7) is 11.8. The number of ketones is 1. The topological polar surface area (TPSA) is 71.1 Å². The third-order valence-corrected chi connectivity index (χ3v) is 6.13. The number of hydrogen-bond acceptors (Lipinski definition) is 6. The van der Waals surface area contributed by atoms with Gasteiger partial charge in [-0.25, -0.2) is 4.79 Å². The lowest BCUT2D eigenvalue weighted by atomic mass is 9.99. The van der Waals surface area contributed by atoms with Gasteiger partial charge in [-0.1, -0.05) is 43.3 Å². The zero-order valence-electron chi connectivity index (χ0n) is 23.2. The molecule has 6 heteroatoms. The summed E-state index contributed by atoms with van der Waals surface area (Å²) in [5, 5.41) is 0. The zero-order valence-corrected chi connectivity index (χ0v) is 23.2. The monoisotopic (exact) mass is 518 g/mol. The molecule has 0 aromatic heterocycles. The molecule has 0 aliphatic heterocycles. The molecule has 3 rings (SSSR count). The van der Waals surface area contributed by atoms with E-state index >= 15 is 0 Å². The van der Waals surface area contributed by atoms with Gasteiger partial charge in [0.15, 0.2) is 11.4 Å². The van der Waals surface area contributed by atoms with Crippen molar-refractivity contribution in [1.82, 2.24) is 0 Å². The van der Waals surface area contributed by atoms with E-state index in [1.807, 2.05) is 74.5 Å². The molecule has 0 aliphatic rings. The van der Waals surface area contributed by atoms with E-state index in [0.717, 1.165) is 17.5 Å². The van der Waals surface area contributed by atoms with E-state index in [-0.39, 0.29) is 11.9 Å². The minimum atomic E-state index is -1.09. The first-order valence-corrected chi connectivity index (χ1v) is 13.1. The molecular weight excluding hydrogens is 480 g/mol. The molecule has 0 heterocycles. The highest BCUT2D eigenvalue weighted by Gasteiger charge is 2.32. The Labute approximate surface area is 225 Å². The fourth-order valence-corrected chi connectivity index (χ4v) is 3.89. The van der Waals surface area contributed by atoms with Crippen LogP contribution in [0, 0.1) is 6.92 Å². The summed E-state index contributed by atoms with van der Waals surface area (Å²) in [5.74, 6) is 1.40. The molecule has 3 aromatic rings. The molecule has 1 atom stereocenters. The van der Waals surface area contributed by atoms with Crippen LogP contribution in [-0.2, 0) is 16.0 Å². The lowest BCUT2D eigenvalue weighted by Crippen LogP contribution is -2.39. The van der Waals surface area contributed by atoms with E-state index in [0.29, 0.717) is 48.0 Å². The standard InChI is InChI=1S/C32H38O6/c1-7-24-14-16-29(27(21-24)30(33)25-12-10-9-11-13-25)37-23(4)18-19-36-26-15-17-28(22(3)20-26)38-32(5,6)31(34)35-8-2/h9-17,20-21,23H,7-8,18-19H2,1-6H3. The van der Waals surface area contributed by atoms with Crippen LogP contribution in [0.3, 0.4) is 0 Å². The summed E-state index contributed by atoms with van der Waals surface area (Å²) in [7, 11) is 0. The fourth-order valence-electron chi connectivity index (χ4n) is 3.89. The Morgan fingerprint density at radius 3 is 2.29 bits per heavy atom. The van der Waals surface area contributed by atoms with Crippen LogP contribution in [0.5, 0.6) is 17.2 Å². The highest BCUT2D eigenvalue weighted by molar-refractivity contribution is 6.10. The smallest absolute Gasteiger partial charge is 0.349 e. The third-order valence-electron chi connectivity index (χ3n) is 6.13. The van der Waals surface area contributed by atoms with E-state index in [4.69, 9.17) is 18.9 Å². The Hall–Kier alpha value is -3.80. The highest BCUT2D eigenvalue weighted by atomic mass is 16.6. The molecule has 38 heavy (non-hydrogen) atoms. The summed E-state index contributed by atoms with van der Waals surface area (Å²) < 4.78 is 23.2. The van der Waals surface area contributed by atoms with Crippen LogP contribution in [-0.4, -0.2) is 36.7 Å². The predicted molar refractivity (Wildman–Crippen MR) is 148 cm³/mol. The van der Waals surface area contributed by atoms with E-state index < -0.39 is 11.6 Å². The van der Waals surface area contributed by atoms with Crippen LogP contribution in [0.4, 0.5) is 0 Å². The largest absolute Gasteiger partial charge is 0.493 e. The van der Waals surface area contributed by atoms with Crippen LogP contribution in [0.25, 0.3) is 0 Å². The van der Waals surface area contributed by atoms with Crippen LogP contribution < -0.4 is 14.2 Å². The summed E-state index contributed by atoms with van der Waals surface area (Å²) in [6, 6.07) is 20.5. The number of hydrogen-bond donors (Lipinski definition) is 0. The lowest BCUT2D eigenvalue weighted by molar-refractivity contribution is -0.158. The maximum Gasteiger partial charge on any atom is 0.349 e. The van der Waals surface area contributed by atoms with Gasteiger partial charge >= 0.3 is 5.97 Å². The Morgan fingerprint density at radius 2 is 1.63 bits per heavy atom. The fraction of sp³-hybridized carbons (Fsp3) is 0.375. The number of esters is 1. The zero-order chi connectivity index (χ0) is 27.7. The lowest BCUT2D eigenvalue weighted by Gasteiger charge is -2.25. The van der Waals surface area contributed by atoms with Gasteiger partial charge in [0, 0.05) is 12.0 Å². The summed E-state index contributed by atoms with van der Waals surface area (Å²) in [6.07, 6.45) is 1.29. The first-order chi connectivity index (χ1) is 18.1. The van der Waals surface area contributed by atoms with Crippen LogP contribution >= 0.6 is 0 Å². The second-order valence-electron chi connectivity index (χ2n) is 9.70. The molecular formula is C32H38O6. The van der Waals surface area contributed by atoms with Crippen molar-refractivity contribution in [3.8, 4) is 17.2 Å². The summed E-state index contributed by atoms with van der Waals surface area (Å²) in [5.41, 5.74) is 2.05. The minimum Gasteiger partial charge on any atom is -0.493 e. The molecule has 0 radical (unpaired) electrons. The maximum atomic E-state index is 13.2. The molecule has 0 saturated heterocycles. The molecule has 0 aliphatic carbocycles. The summed E-state index contributed by atoms with van der Waals surface area (Å²) in [4.78, 5) is 25.3. The van der Waals surface area contributed by atoms with Crippen molar-refractivity contribution in [2.75, 3.05) is 13.2 Å². The average Bonchev–Trinajstić information content (AvgIpc) is 2.90. The predicted octanol–water partition coefficient (Wildman–Crippen LogP) is 6.75. The third kappa shape index (κ3) is 7.60. The molecule has 0 spiro atoms. The molecule has 0 bridgehead atoms. The molecule has 202 valence electrons. The van der Waals surface area contributed by atoms with E-state index in [2.05, 4.69) is 6.92 Å². The van der Waals surface area contributed by atoms with Crippen molar-refractivity contribution in [1.29, 1.82) is 0 Å².